The lowest BCUT2D eigenvalue weighted by Crippen LogP contribution is -2.11. The van der Waals surface area contributed by atoms with Crippen LogP contribution in [0.3, 0.4) is 0 Å². The van der Waals surface area contributed by atoms with Crippen molar-refractivity contribution in [3.05, 3.63) is 29.8 Å². The number of methoxy groups -OCH3 is 1. The number of rotatable bonds is 5. The molecule has 1 aromatic carbocycles. The molecule has 0 aliphatic carbocycles. The van der Waals surface area contributed by atoms with E-state index in [2.05, 4.69) is 0 Å². The molecule has 5 heteroatoms. The molecule has 0 aliphatic rings. The van der Waals surface area contributed by atoms with Crippen molar-refractivity contribution in [2.45, 2.75) is 17.7 Å². The van der Waals surface area contributed by atoms with E-state index in [9.17, 15) is 8.42 Å². The van der Waals surface area contributed by atoms with E-state index < -0.39 is 10.0 Å². The maximum absolute atomic E-state index is 11.0. The molecule has 0 bridgehead atoms. The minimum atomic E-state index is -3.57. The van der Waals surface area contributed by atoms with E-state index in [0.29, 0.717) is 6.61 Å². The van der Waals surface area contributed by atoms with Gasteiger partial charge in [0.1, 0.15) is 0 Å². The Hall–Kier alpha value is -0.910. The summed E-state index contributed by atoms with van der Waals surface area (Å²) < 4.78 is 26.9. The number of primary sulfonamides is 1. The van der Waals surface area contributed by atoms with Crippen LogP contribution in [0.15, 0.2) is 29.2 Å². The van der Waals surface area contributed by atoms with Gasteiger partial charge in [0, 0.05) is 13.7 Å². The van der Waals surface area contributed by atoms with Gasteiger partial charge in [-0.1, -0.05) is 12.1 Å². The van der Waals surface area contributed by atoms with Crippen LogP contribution >= 0.6 is 0 Å². The fourth-order valence-corrected chi connectivity index (χ4v) is 1.78. The van der Waals surface area contributed by atoms with Gasteiger partial charge in [-0.3, -0.25) is 0 Å². The van der Waals surface area contributed by atoms with Gasteiger partial charge < -0.3 is 4.74 Å². The van der Waals surface area contributed by atoms with Crippen LogP contribution in [0, 0.1) is 0 Å². The standard InChI is InChI=1S/C10H15NO3S/c1-14-8-2-3-9-4-6-10(7-5-9)15(11,12)13/h4-7H,2-3,8H2,1H3,(H2,11,12,13). The van der Waals surface area contributed by atoms with Crippen molar-refractivity contribution in [3.8, 4) is 0 Å². The van der Waals surface area contributed by atoms with Gasteiger partial charge in [-0.25, -0.2) is 13.6 Å². The summed E-state index contributed by atoms with van der Waals surface area (Å²) in [7, 11) is -1.91. The van der Waals surface area contributed by atoms with E-state index in [-0.39, 0.29) is 4.90 Å². The molecule has 0 saturated carbocycles. The Balaban J connectivity index is 2.65. The van der Waals surface area contributed by atoms with Gasteiger partial charge in [0.2, 0.25) is 10.0 Å². The second kappa shape index (κ2) is 5.25. The lowest BCUT2D eigenvalue weighted by atomic mass is 10.1. The van der Waals surface area contributed by atoms with E-state index in [4.69, 9.17) is 9.88 Å². The molecule has 84 valence electrons. The number of hydrogen-bond donors (Lipinski definition) is 1. The summed E-state index contributed by atoms with van der Waals surface area (Å²) in [6.45, 7) is 0.705. The zero-order valence-corrected chi connectivity index (χ0v) is 9.46. The summed E-state index contributed by atoms with van der Waals surface area (Å²) in [5.41, 5.74) is 1.08. The van der Waals surface area contributed by atoms with Crippen molar-refractivity contribution in [2.24, 2.45) is 5.14 Å². The second-order valence-corrected chi connectivity index (χ2v) is 4.85. The molecule has 0 spiro atoms. The number of hydrogen-bond acceptors (Lipinski definition) is 3. The van der Waals surface area contributed by atoms with Crippen LogP contribution in [-0.2, 0) is 21.2 Å². The molecule has 0 heterocycles. The van der Waals surface area contributed by atoms with Gasteiger partial charge in [0.15, 0.2) is 0 Å². The highest BCUT2D eigenvalue weighted by Gasteiger charge is 2.06. The van der Waals surface area contributed by atoms with Gasteiger partial charge in [-0.2, -0.15) is 0 Å². The monoisotopic (exact) mass is 229 g/mol. The Labute approximate surface area is 90.1 Å². The van der Waals surface area contributed by atoms with Crippen molar-refractivity contribution in [3.63, 3.8) is 0 Å². The van der Waals surface area contributed by atoms with Crippen LogP contribution in [0.5, 0.6) is 0 Å². The number of benzene rings is 1. The molecule has 1 aromatic rings. The summed E-state index contributed by atoms with van der Waals surface area (Å²) >= 11 is 0. The highest BCUT2D eigenvalue weighted by atomic mass is 32.2. The van der Waals surface area contributed by atoms with Gasteiger partial charge in [0.25, 0.3) is 0 Å². The fraction of sp³-hybridized carbons (Fsp3) is 0.400. The van der Waals surface area contributed by atoms with Crippen molar-refractivity contribution >= 4 is 10.0 Å². The topological polar surface area (TPSA) is 69.4 Å². The quantitative estimate of drug-likeness (QED) is 0.763. The Bertz CT molecular complexity index is 397. The van der Waals surface area contributed by atoms with Gasteiger partial charge in [-0.05, 0) is 30.5 Å². The largest absolute Gasteiger partial charge is 0.385 e. The van der Waals surface area contributed by atoms with Crippen molar-refractivity contribution in [1.29, 1.82) is 0 Å². The SMILES string of the molecule is COCCCc1ccc(S(N)(=O)=O)cc1. The molecule has 0 atom stereocenters. The summed E-state index contributed by atoms with van der Waals surface area (Å²) in [5, 5.41) is 4.98. The number of ether oxygens (including phenoxy) is 1. The summed E-state index contributed by atoms with van der Waals surface area (Å²) in [5.74, 6) is 0. The maximum Gasteiger partial charge on any atom is 0.238 e. The lowest BCUT2D eigenvalue weighted by molar-refractivity contribution is 0.195. The minimum Gasteiger partial charge on any atom is -0.385 e. The Kier molecular flexibility index (Phi) is 4.26. The van der Waals surface area contributed by atoms with Crippen molar-refractivity contribution in [2.75, 3.05) is 13.7 Å². The number of sulfonamides is 1. The first-order chi connectivity index (χ1) is 7.04. The summed E-state index contributed by atoms with van der Waals surface area (Å²) in [6.07, 6.45) is 1.80. The third kappa shape index (κ3) is 3.99. The predicted octanol–water partition coefficient (Wildman–Crippen LogP) is 0.913. The average molecular weight is 229 g/mol. The van der Waals surface area contributed by atoms with E-state index in [1.165, 1.54) is 12.1 Å². The first-order valence-electron chi connectivity index (χ1n) is 4.65. The number of nitrogens with two attached hydrogens (primary N) is 1. The zero-order chi connectivity index (χ0) is 11.3. The molecular formula is C10H15NO3S. The van der Waals surface area contributed by atoms with E-state index in [0.717, 1.165) is 18.4 Å². The third-order valence-electron chi connectivity index (χ3n) is 2.07. The smallest absolute Gasteiger partial charge is 0.238 e. The van der Waals surface area contributed by atoms with E-state index in [1.54, 1.807) is 19.2 Å². The highest BCUT2D eigenvalue weighted by Crippen LogP contribution is 2.10. The first-order valence-corrected chi connectivity index (χ1v) is 6.19. The van der Waals surface area contributed by atoms with E-state index >= 15 is 0 Å². The van der Waals surface area contributed by atoms with Crippen molar-refractivity contribution < 1.29 is 13.2 Å². The summed E-state index contributed by atoms with van der Waals surface area (Å²) in [4.78, 5) is 0.151. The average Bonchev–Trinajstić information content (AvgIpc) is 2.18. The molecule has 0 radical (unpaired) electrons. The molecule has 0 aromatic heterocycles. The van der Waals surface area contributed by atoms with Crippen LogP contribution in [0.1, 0.15) is 12.0 Å². The van der Waals surface area contributed by atoms with Crippen LogP contribution in [-0.4, -0.2) is 22.1 Å². The van der Waals surface area contributed by atoms with Gasteiger partial charge >= 0.3 is 0 Å². The highest BCUT2D eigenvalue weighted by molar-refractivity contribution is 7.89. The third-order valence-corrected chi connectivity index (χ3v) is 3.00. The summed E-state index contributed by atoms with van der Waals surface area (Å²) in [6, 6.07) is 6.60. The van der Waals surface area contributed by atoms with E-state index in [1.807, 2.05) is 0 Å². The molecule has 15 heavy (non-hydrogen) atoms. The number of aryl methyl sites for hydroxylation is 1. The lowest BCUT2D eigenvalue weighted by Gasteiger charge is -2.02. The fourth-order valence-electron chi connectivity index (χ4n) is 1.27. The molecule has 0 unspecified atom stereocenters. The van der Waals surface area contributed by atoms with Gasteiger partial charge in [-0.15, -0.1) is 0 Å². The second-order valence-electron chi connectivity index (χ2n) is 3.29. The van der Waals surface area contributed by atoms with Gasteiger partial charge in [0.05, 0.1) is 4.90 Å². The zero-order valence-electron chi connectivity index (χ0n) is 8.64. The Morgan fingerprint density at radius 3 is 2.33 bits per heavy atom. The van der Waals surface area contributed by atoms with Crippen molar-refractivity contribution in [1.82, 2.24) is 0 Å². The Morgan fingerprint density at radius 2 is 1.87 bits per heavy atom. The minimum absolute atomic E-state index is 0.151. The molecule has 0 fully saturated rings. The normalized spacial score (nSPS) is 11.6. The molecule has 1 rings (SSSR count). The molecular weight excluding hydrogens is 214 g/mol. The van der Waals surface area contributed by atoms with Crippen LogP contribution < -0.4 is 5.14 Å². The first kappa shape index (κ1) is 12.2. The molecule has 2 N–H and O–H groups in total. The Morgan fingerprint density at radius 1 is 1.27 bits per heavy atom. The predicted molar refractivity (Wildman–Crippen MR) is 58.0 cm³/mol. The van der Waals surface area contributed by atoms with Crippen LogP contribution in [0.4, 0.5) is 0 Å². The molecule has 0 aliphatic heterocycles. The van der Waals surface area contributed by atoms with Crippen LogP contribution in [0.25, 0.3) is 0 Å². The van der Waals surface area contributed by atoms with Crippen LogP contribution in [0.2, 0.25) is 0 Å². The molecule has 4 nitrogen and oxygen atoms in total. The molecule has 0 saturated heterocycles. The molecule has 0 amide bonds. The maximum atomic E-state index is 11.0.